The zero-order valence-corrected chi connectivity index (χ0v) is 8.07. The minimum absolute atomic E-state index is 0.872. The highest BCUT2D eigenvalue weighted by molar-refractivity contribution is 5.78. The third-order valence-corrected chi connectivity index (χ3v) is 2.35. The van der Waals surface area contributed by atoms with E-state index in [9.17, 15) is 0 Å². The van der Waals surface area contributed by atoms with E-state index in [0.29, 0.717) is 0 Å². The van der Waals surface area contributed by atoms with Gasteiger partial charge in [-0.3, -0.25) is 0 Å². The molecule has 2 heteroatoms. The summed E-state index contributed by atoms with van der Waals surface area (Å²) in [6.07, 6.45) is 0. The summed E-state index contributed by atoms with van der Waals surface area (Å²) < 4.78 is 0. The van der Waals surface area contributed by atoms with Crippen molar-refractivity contribution in [3.05, 3.63) is 54.6 Å². The minimum Gasteiger partial charge on any atom is -0.338 e. The van der Waals surface area contributed by atoms with Crippen molar-refractivity contribution in [2.75, 3.05) is 0 Å². The molecule has 71 valence electrons. The highest BCUT2D eigenvalue weighted by atomic mass is 14.9. The van der Waals surface area contributed by atoms with Crippen LogP contribution in [-0.4, -0.2) is 9.97 Å². The number of para-hydroxylation sites is 2. The lowest BCUT2D eigenvalue weighted by Crippen LogP contribution is -1.78. The van der Waals surface area contributed by atoms with Crippen LogP contribution in [0.15, 0.2) is 48.5 Å². The van der Waals surface area contributed by atoms with Crippen LogP contribution >= 0.6 is 0 Å². The predicted molar refractivity (Wildman–Crippen MR) is 60.4 cm³/mol. The van der Waals surface area contributed by atoms with Gasteiger partial charge >= 0.3 is 0 Å². The number of nitrogens with zero attached hydrogens (tertiary/aromatic N) is 1. The fourth-order valence-corrected chi connectivity index (χ4v) is 1.62. The number of imidazole rings is 1. The van der Waals surface area contributed by atoms with E-state index in [1.165, 1.54) is 0 Å². The maximum Gasteiger partial charge on any atom is 0.139 e. The Morgan fingerprint density at radius 3 is 2.67 bits per heavy atom. The molecule has 3 aromatic rings. The molecule has 1 aromatic heterocycles. The summed E-state index contributed by atoms with van der Waals surface area (Å²) in [5.74, 6) is 0.872. The summed E-state index contributed by atoms with van der Waals surface area (Å²) >= 11 is 0. The van der Waals surface area contributed by atoms with E-state index in [4.69, 9.17) is 0 Å². The van der Waals surface area contributed by atoms with E-state index in [-0.39, 0.29) is 0 Å². The summed E-state index contributed by atoms with van der Waals surface area (Å²) in [4.78, 5) is 7.77. The van der Waals surface area contributed by atoms with Crippen molar-refractivity contribution in [3.8, 4) is 11.4 Å². The Morgan fingerprint density at radius 1 is 1.00 bits per heavy atom. The van der Waals surface area contributed by atoms with Crippen LogP contribution in [0.25, 0.3) is 22.4 Å². The molecule has 1 N–H and O–H groups in total. The quantitative estimate of drug-likeness (QED) is 0.632. The third kappa shape index (κ3) is 1.40. The zero-order valence-electron chi connectivity index (χ0n) is 8.07. The minimum atomic E-state index is 0.872. The van der Waals surface area contributed by atoms with Gasteiger partial charge in [0.15, 0.2) is 0 Å². The molecule has 0 aliphatic rings. The number of aromatic nitrogens is 2. The Morgan fingerprint density at radius 2 is 1.87 bits per heavy atom. The van der Waals surface area contributed by atoms with E-state index in [1.54, 1.807) is 0 Å². The molecule has 0 aliphatic carbocycles. The molecule has 0 saturated heterocycles. The molecule has 0 amide bonds. The maximum atomic E-state index is 4.50. The van der Waals surface area contributed by atoms with E-state index < -0.39 is 0 Å². The maximum absolute atomic E-state index is 4.50. The van der Waals surface area contributed by atoms with Crippen LogP contribution < -0.4 is 0 Å². The molecule has 2 nitrogen and oxygen atoms in total. The van der Waals surface area contributed by atoms with Crippen molar-refractivity contribution >= 4 is 11.0 Å². The molecule has 3 rings (SSSR count). The second-order valence-corrected chi connectivity index (χ2v) is 3.38. The second kappa shape index (κ2) is 3.24. The fourth-order valence-electron chi connectivity index (χ4n) is 1.62. The van der Waals surface area contributed by atoms with Crippen LogP contribution in [-0.2, 0) is 0 Å². The zero-order chi connectivity index (χ0) is 10.1. The molecule has 1 heterocycles. The Balaban J connectivity index is 2.21. The highest BCUT2D eigenvalue weighted by Gasteiger charge is 2.03. The number of hydrogen-bond acceptors (Lipinski definition) is 1. The van der Waals surface area contributed by atoms with Gasteiger partial charge in [0.1, 0.15) is 5.82 Å². The van der Waals surface area contributed by atoms with E-state index >= 15 is 0 Å². The molecule has 0 spiro atoms. The Hall–Kier alpha value is -2.09. The molecule has 1 radical (unpaired) electrons. The third-order valence-electron chi connectivity index (χ3n) is 2.35. The summed E-state index contributed by atoms with van der Waals surface area (Å²) in [5, 5.41) is 0. The Labute approximate surface area is 87.6 Å². The lowest BCUT2D eigenvalue weighted by Gasteiger charge is -1.92. The molecule has 0 bridgehead atoms. The SMILES string of the molecule is [c]1ccccc1-c1nc2ccccc2[nH]1. The largest absolute Gasteiger partial charge is 0.338 e. The lowest BCUT2D eigenvalue weighted by atomic mass is 10.2. The van der Waals surface area contributed by atoms with Gasteiger partial charge in [-0.25, -0.2) is 4.98 Å². The summed E-state index contributed by atoms with van der Waals surface area (Å²) in [7, 11) is 0. The van der Waals surface area contributed by atoms with E-state index in [2.05, 4.69) is 16.0 Å². The van der Waals surface area contributed by atoms with Crippen LogP contribution in [0, 0.1) is 6.07 Å². The van der Waals surface area contributed by atoms with E-state index in [0.717, 1.165) is 22.4 Å². The number of hydrogen-bond donors (Lipinski definition) is 1. The molecule has 15 heavy (non-hydrogen) atoms. The second-order valence-electron chi connectivity index (χ2n) is 3.38. The summed E-state index contributed by atoms with van der Waals surface area (Å²) in [6, 6.07) is 19.0. The lowest BCUT2D eigenvalue weighted by molar-refractivity contribution is 1.33. The van der Waals surface area contributed by atoms with Crippen molar-refractivity contribution < 1.29 is 0 Å². The predicted octanol–water partition coefficient (Wildman–Crippen LogP) is 3.03. The molecular formula is C13H9N2. The topological polar surface area (TPSA) is 28.7 Å². The summed E-state index contributed by atoms with van der Waals surface area (Å²) in [5.41, 5.74) is 3.04. The van der Waals surface area contributed by atoms with Gasteiger partial charge in [0.05, 0.1) is 11.0 Å². The Kier molecular flexibility index (Phi) is 1.78. The first kappa shape index (κ1) is 8.24. The van der Waals surface area contributed by atoms with Crippen molar-refractivity contribution in [2.24, 2.45) is 0 Å². The number of nitrogens with one attached hydrogen (secondary N) is 1. The number of benzene rings is 2. The summed E-state index contributed by atoms with van der Waals surface area (Å²) in [6.45, 7) is 0. The molecule has 0 unspecified atom stereocenters. The average molecular weight is 193 g/mol. The van der Waals surface area contributed by atoms with Gasteiger partial charge in [-0.2, -0.15) is 0 Å². The van der Waals surface area contributed by atoms with Crippen molar-refractivity contribution in [1.82, 2.24) is 9.97 Å². The van der Waals surface area contributed by atoms with Gasteiger partial charge in [0, 0.05) is 5.56 Å². The molecule has 0 aliphatic heterocycles. The van der Waals surface area contributed by atoms with Crippen LogP contribution in [0.5, 0.6) is 0 Å². The van der Waals surface area contributed by atoms with Gasteiger partial charge in [-0.05, 0) is 18.2 Å². The average Bonchev–Trinajstić information content (AvgIpc) is 2.74. The van der Waals surface area contributed by atoms with Gasteiger partial charge in [0.2, 0.25) is 0 Å². The van der Waals surface area contributed by atoms with Crippen LogP contribution in [0.3, 0.4) is 0 Å². The number of aromatic amines is 1. The first-order valence-electron chi connectivity index (χ1n) is 4.85. The monoisotopic (exact) mass is 193 g/mol. The first-order valence-corrected chi connectivity index (χ1v) is 4.85. The van der Waals surface area contributed by atoms with Crippen LogP contribution in [0.4, 0.5) is 0 Å². The van der Waals surface area contributed by atoms with Gasteiger partial charge in [0.25, 0.3) is 0 Å². The number of H-pyrrole nitrogens is 1. The van der Waals surface area contributed by atoms with Crippen molar-refractivity contribution in [1.29, 1.82) is 0 Å². The molecule has 0 fully saturated rings. The number of fused-ring (bicyclic) bond motifs is 1. The standard InChI is InChI=1S/C13H9N2/c1-2-6-10(7-3-1)13-14-11-8-4-5-9-12(11)15-13/h1-6,8-9H,(H,14,15). The van der Waals surface area contributed by atoms with Crippen LogP contribution in [0.2, 0.25) is 0 Å². The molecule has 0 saturated carbocycles. The van der Waals surface area contributed by atoms with Gasteiger partial charge < -0.3 is 4.98 Å². The van der Waals surface area contributed by atoms with E-state index in [1.807, 2.05) is 48.5 Å². The Bertz CT molecular complexity index is 549. The molecule has 2 aromatic carbocycles. The molecule has 0 atom stereocenters. The fraction of sp³-hybridized carbons (Fsp3) is 0. The van der Waals surface area contributed by atoms with Crippen LogP contribution in [0.1, 0.15) is 0 Å². The normalized spacial score (nSPS) is 10.7. The van der Waals surface area contributed by atoms with Crippen molar-refractivity contribution in [3.63, 3.8) is 0 Å². The number of rotatable bonds is 1. The highest BCUT2D eigenvalue weighted by Crippen LogP contribution is 2.18. The van der Waals surface area contributed by atoms with Gasteiger partial charge in [-0.1, -0.05) is 36.4 Å². The first-order chi connectivity index (χ1) is 7.43. The molecular weight excluding hydrogens is 184 g/mol. The van der Waals surface area contributed by atoms with Crippen molar-refractivity contribution in [2.45, 2.75) is 0 Å². The van der Waals surface area contributed by atoms with Gasteiger partial charge in [-0.15, -0.1) is 0 Å². The smallest absolute Gasteiger partial charge is 0.139 e.